The minimum atomic E-state index is -0.409. The Bertz CT molecular complexity index is 334. The maximum Gasteiger partial charge on any atom is 0.160 e. The van der Waals surface area contributed by atoms with E-state index in [4.69, 9.17) is 9.47 Å². The summed E-state index contributed by atoms with van der Waals surface area (Å²) in [4.78, 5) is 0. The second-order valence-electron chi connectivity index (χ2n) is 7.01. The zero-order valence-corrected chi connectivity index (χ0v) is 13.8. The van der Waals surface area contributed by atoms with Crippen molar-refractivity contribution in [2.75, 3.05) is 13.2 Å². The molecule has 21 heavy (non-hydrogen) atoms. The number of nitrogens with zero attached hydrogens (tertiary/aromatic N) is 1. The predicted molar refractivity (Wildman–Crippen MR) is 83.6 cm³/mol. The van der Waals surface area contributed by atoms with Crippen LogP contribution in [0.25, 0.3) is 0 Å². The summed E-state index contributed by atoms with van der Waals surface area (Å²) in [6.45, 7) is 5.40. The quantitative estimate of drug-likeness (QED) is 0.668. The first-order valence-corrected chi connectivity index (χ1v) is 8.87. The van der Waals surface area contributed by atoms with E-state index in [1.54, 1.807) is 0 Å². The average Bonchev–Trinajstić information content (AvgIpc) is 2.56. The SMILES string of the molecule is CCCCCC1CCC(C2OCC(C#N)(CC)CO2)CC1. The first kappa shape index (κ1) is 16.8. The van der Waals surface area contributed by atoms with Crippen LogP contribution < -0.4 is 0 Å². The Kier molecular flexibility index (Phi) is 6.51. The van der Waals surface area contributed by atoms with E-state index in [0.29, 0.717) is 19.1 Å². The van der Waals surface area contributed by atoms with Crippen molar-refractivity contribution >= 4 is 0 Å². The minimum absolute atomic E-state index is 0.0605. The smallest absolute Gasteiger partial charge is 0.160 e. The summed E-state index contributed by atoms with van der Waals surface area (Å²) in [5, 5.41) is 9.27. The van der Waals surface area contributed by atoms with Gasteiger partial charge >= 0.3 is 0 Å². The Morgan fingerprint density at radius 3 is 2.24 bits per heavy atom. The predicted octanol–water partition coefficient (Wildman–Crippen LogP) is 4.67. The van der Waals surface area contributed by atoms with Crippen molar-refractivity contribution in [2.24, 2.45) is 17.3 Å². The van der Waals surface area contributed by atoms with E-state index in [9.17, 15) is 5.26 Å². The summed E-state index contributed by atoms with van der Waals surface area (Å²) >= 11 is 0. The number of hydrogen-bond acceptors (Lipinski definition) is 3. The van der Waals surface area contributed by atoms with Gasteiger partial charge in [0.2, 0.25) is 0 Å². The molecule has 1 saturated carbocycles. The van der Waals surface area contributed by atoms with Crippen LogP contribution in [0.3, 0.4) is 0 Å². The molecule has 0 amide bonds. The van der Waals surface area contributed by atoms with Gasteiger partial charge in [0.1, 0.15) is 5.41 Å². The van der Waals surface area contributed by atoms with E-state index in [0.717, 1.165) is 12.3 Å². The number of ether oxygens (including phenoxy) is 2. The number of nitriles is 1. The minimum Gasteiger partial charge on any atom is -0.351 e. The van der Waals surface area contributed by atoms with E-state index < -0.39 is 5.41 Å². The Morgan fingerprint density at radius 2 is 1.71 bits per heavy atom. The van der Waals surface area contributed by atoms with E-state index >= 15 is 0 Å². The topological polar surface area (TPSA) is 42.2 Å². The van der Waals surface area contributed by atoms with Crippen molar-refractivity contribution in [1.29, 1.82) is 5.26 Å². The van der Waals surface area contributed by atoms with Crippen LogP contribution in [-0.4, -0.2) is 19.5 Å². The lowest BCUT2D eigenvalue weighted by Gasteiger charge is -2.40. The van der Waals surface area contributed by atoms with Crippen molar-refractivity contribution in [3.05, 3.63) is 0 Å². The second-order valence-corrected chi connectivity index (χ2v) is 7.01. The molecule has 0 aromatic rings. The largest absolute Gasteiger partial charge is 0.351 e. The summed E-state index contributed by atoms with van der Waals surface area (Å²) in [5.41, 5.74) is -0.409. The lowest BCUT2D eigenvalue weighted by molar-refractivity contribution is -0.243. The normalized spacial score (nSPS) is 37.1. The first-order chi connectivity index (χ1) is 10.2. The molecule has 2 aliphatic rings. The fraction of sp³-hybridized carbons (Fsp3) is 0.944. The molecule has 0 spiro atoms. The van der Waals surface area contributed by atoms with Gasteiger partial charge in [-0.3, -0.25) is 0 Å². The van der Waals surface area contributed by atoms with E-state index in [1.807, 2.05) is 6.92 Å². The van der Waals surface area contributed by atoms with Crippen molar-refractivity contribution in [2.45, 2.75) is 77.9 Å². The molecule has 2 fully saturated rings. The van der Waals surface area contributed by atoms with Crippen LogP contribution in [-0.2, 0) is 9.47 Å². The van der Waals surface area contributed by atoms with Crippen LogP contribution in [0.4, 0.5) is 0 Å². The Hall–Kier alpha value is -0.590. The third kappa shape index (κ3) is 4.44. The highest BCUT2D eigenvalue weighted by atomic mass is 16.7. The summed E-state index contributed by atoms with van der Waals surface area (Å²) in [7, 11) is 0. The van der Waals surface area contributed by atoms with Crippen molar-refractivity contribution in [1.82, 2.24) is 0 Å². The van der Waals surface area contributed by atoms with Gasteiger partial charge in [-0.1, -0.05) is 39.5 Å². The molecule has 1 aliphatic heterocycles. The lowest BCUT2D eigenvalue weighted by Crippen LogP contribution is -2.44. The molecule has 0 aromatic carbocycles. The van der Waals surface area contributed by atoms with Gasteiger partial charge in [0.05, 0.1) is 19.3 Å². The first-order valence-electron chi connectivity index (χ1n) is 8.87. The van der Waals surface area contributed by atoms with Crippen molar-refractivity contribution in [3.63, 3.8) is 0 Å². The Labute approximate surface area is 130 Å². The van der Waals surface area contributed by atoms with Gasteiger partial charge in [0.25, 0.3) is 0 Å². The molecular weight excluding hydrogens is 262 g/mol. The molecule has 0 radical (unpaired) electrons. The van der Waals surface area contributed by atoms with Crippen LogP contribution in [0.15, 0.2) is 0 Å². The average molecular weight is 293 g/mol. The van der Waals surface area contributed by atoms with Crippen molar-refractivity contribution < 1.29 is 9.47 Å². The van der Waals surface area contributed by atoms with Gasteiger partial charge in [0.15, 0.2) is 6.29 Å². The molecule has 1 heterocycles. The number of unbranched alkanes of at least 4 members (excludes halogenated alkanes) is 2. The number of rotatable bonds is 6. The van der Waals surface area contributed by atoms with E-state index in [-0.39, 0.29) is 6.29 Å². The van der Waals surface area contributed by atoms with E-state index in [2.05, 4.69) is 13.0 Å². The molecule has 3 heteroatoms. The zero-order valence-electron chi connectivity index (χ0n) is 13.8. The van der Waals surface area contributed by atoms with Gasteiger partial charge in [-0.25, -0.2) is 0 Å². The highest BCUT2D eigenvalue weighted by Gasteiger charge is 2.39. The van der Waals surface area contributed by atoms with Crippen LogP contribution in [0, 0.1) is 28.6 Å². The van der Waals surface area contributed by atoms with Gasteiger partial charge in [0, 0.05) is 5.92 Å². The Morgan fingerprint density at radius 1 is 1.05 bits per heavy atom. The molecule has 0 aromatic heterocycles. The molecule has 0 atom stereocenters. The van der Waals surface area contributed by atoms with Crippen LogP contribution in [0.1, 0.15) is 71.6 Å². The van der Waals surface area contributed by atoms with Gasteiger partial charge in [-0.15, -0.1) is 0 Å². The van der Waals surface area contributed by atoms with Crippen molar-refractivity contribution in [3.8, 4) is 6.07 Å². The fourth-order valence-corrected chi connectivity index (χ4v) is 3.63. The molecule has 1 saturated heterocycles. The molecule has 3 nitrogen and oxygen atoms in total. The summed E-state index contributed by atoms with van der Waals surface area (Å²) in [6.07, 6.45) is 11.3. The maximum atomic E-state index is 9.27. The van der Waals surface area contributed by atoms with Crippen LogP contribution >= 0.6 is 0 Å². The maximum absolute atomic E-state index is 9.27. The molecule has 0 unspecified atom stereocenters. The lowest BCUT2D eigenvalue weighted by atomic mass is 9.79. The molecule has 0 bridgehead atoms. The summed E-state index contributed by atoms with van der Waals surface area (Å²) in [6, 6.07) is 2.38. The molecule has 0 N–H and O–H groups in total. The van der Waals surface area contributed by atoms with Gasteiger partial charge in [-0.05, 0) is 38.0 Å². The van der Waals surface area contributed by atoms with Gasteiger partial charge < -0.3 is 9.47 Å². The molecule has 1 aliphatic carbocycles. The highest BCUT2D eigenvalue weighted by molar-refractivity contribution is 5.00. The monoisotopic (exact) mass is 293 g/mol. The molecular formula is C18H31NO2. The highest BCUT2D eigenvalue weighted by Crippen LogP contribution is 2.38. The van der Waals surface area contributed by atoms with Crippen LogP contribution in [0.2, 0.25) is 0 Å². The van der Waals surface area contributed by atoms with E-state index in [1.165, 1.54) is 51.4 Å². The summed E-state index contributed by atoms with van der Waals surface area (Å²) in [5.74, 6) is 1.46. The third-order valence-electron chi connectivity index (χ3n) is 5.45. The standard InChI is InChI=1S/C18H31NO2/c1-3-5-6-7-15-8-10-16(11-9-15)17-20-13-18(4-2,12-19)14-21-17/h15-17H,3-11,13-14H2,1-2H3. The molecule has 120 valence electrons. The second kappa shape index (κ2) is 8.15. The summed E-state index contributed by atoms with van der Waals surface area (Å²) < 4.78 is 11.8. The fourth-order valence-electron chi connectivity index (χ4n) is 3.63. The number of hydrogen-bond donors (Lipinski definition) is 0. The van der Waals surface area contributed by atoms with Crippen LogP contribution in [0.5, 0.6) is 0 Å². The Balaban J connectivity index is 1.71. The third-order valence-corrected chi connectivity index (χ3v) is 5.45. The zero-order chi connectivity index (χ0) is 15.1. The molecule has 2 rings (SSSR count). The van der Waals surface area contributed by atoms with Gasteiger partial charge in [-0.2, -0.15) is 5.26 Å².